The number of H-pyrrole nitrogens is 1. The second-order valence-corrected chi connectivity index (χ2v) is 6.75. The molecule has 0 unspecified atom stereocenters. The standard InChI is InChI=1S/C18H17F3N6O/c1-10-23-26-16-6-5-12(9-27(10)16)11-3-2-4-13(7-11)22-17(28)14-8-15(25-24-14)18(19,20)21/h2-4,7-8,12H,5-6,9H2,1H3,(H,22,28)(H,24,25)/t12-/m0/s1. The lowest BCUT2D eigenvalue weighted by molar-refractivity contribution is -0.141. The molecule has 1 aliphatic heterocycles. The first-order valence-electron chi connectivity index (χ1n) is 8.74. The molecule has 7 nitrogen and oxygen atoms in total. The van der Waals surface area contributed by atoms with Crippen molar-refractivity contribution >= 4 is 11.6 Å². The molecule has 0 spiro atoms. The largest absolute Gasteiger partial charge is 0.432 e. The van der Waals surface area contributed by atoms with Gasteiger partial charge < -0.3 is 9.88 Å². The van der Waals surface area contributed by atoms with Crippen molar-refractivity contribution in [3.63, 3.8) is 0 Å². The van der Waals surface area contributed by atoms with Gasteiger partial charge in [0.1, 0.15) is 17.3 Å². The van der Waals surface area contributed by atoms with Crippen molar-refractivity contribution < 1.29 is 18.0 Å². The second-order valence-electron chi connectivity index (χ2n) is 6.75. The Hall–Kier alpha value is -3.17. The number of alkyl halides is 3. The molecular formula is C18H17F3N6O. The predicted octanol–water partition coefficient (Wildman–Crippen LogP) is 3.31. The van der Waals surface area contributed by atoms with Crippen LogP contribution in [0.3, 0.4) is 0 Å². The van der Waals surface area contributed by atoms with Crippen LogP contribution in [0, 0.1) is 6.92 Å². The molecular weight excluding hydrogens is 373 g/mol. The number of hydrogen-bond donors (Lipinski definition) is 2. The summed E-state index contributed by atoms with van der Waals surface area (Å²) in [5.74, 6) is 1.37. The van der Waals surface area contributed by atoms with Crippen LogP contribution in [-0.2, 0) is 19.1 Å². The van der Waals surface area contributed by atoms with Crippen LogP contribution >= 0.6 is 0 Å². The Bertz CT molecular complexity index is 1020. The first-order valence-corrected chi connectivity index (χ1v) is 8.74. The number of carbonyl (C=O) groups excluding carboxylic acids is 1. The van der Waals surface area contributed by atoms with Gasteiger partial charge in [-0.1, -0.05) is 12.1 Å². The third kappa shape index (κ3) is 3.49. The van der Waals surface area contributed by atoms with E-state index in [9.17, 15) is 18.0 Å². The quantitative estimate of drug-likeness (QED) is 0.718. The predicted molar refractivity (Wildman–Crippen MR) is 93.8 cm³/mol. The zero-order chi connectivity index (χ0) is 19.9. The fourth-order valence-electron chi connectivity index (χ4n) is 3.38. The Kier molecular flexibility index (Phi) is 4.40. The fourth-order valence-corrected chi connectivity index (χ4v) is 3.38. The second kappa shape index (κ2) is 6.77. The summed E-state index contributed by atoms with van der Waals surface area (Å²) in [6.45, 7) is 2.66. The monoisotopic (exact) mass is 390 g/mol. The van der Waals surface area contributed by atoms with Gasteiger partial charge in [-0.2, -0.15) is 18.3 Å². The molecule has 1 amide bonds. The molecule has 0 bridgehead atoms. The van der Waals surface area contributed by atoms with E-state index in [-0.39, 0.29) is 11.6 Å². The summed E-state index contributed by atoms with van der Waals surface area (Å²) in [7, 11) is 0. The van der Waals surface area contributed by atoms with Gasteiger partial charge in [0.05, 0.1) is 0 Å². The highest BCUT2D eigenvalue weighted by atomic mass is 19.4. The molecule has 0 radical (unpaired) electrons. The van der Waals surface area contributed by atoms with Crippen LogP contribution in [0.5, 0.6) is 0 Å². The first kappa shape index (κ1) is 18.2. The number of hydrogen-bond acceptors (Lipinski definition) is 4. The number of nitrogens with zero attached hydrogens (tertiary/aromatic N) is 4. The number of rotatable bonds is 3. The molecule has 0 saturated carbocycles. The summed E-state index contributed by atoms with van der Waals surface area (Å²) < 4.78 is 40.0. The molecule has 2 N–H and O–H groups in total. The molecule has 10 heteroatoms. The SMILES string of the molecule is Cc1nnc2n1C[C@@H](c1cccc(NC(=O)c3cc(C(F)(F)F)[nH]n3)c1)CC2. The zero-order valence-electron chi connectivity index (χ0n) is 14.9. The minimum atomic E-state index is -4.58. The highest BCUT2D eigenvalue weighted by molar-refractivity contribution is 6.02. The zero-order valence-corrected chi connectivity index (χ0v) is 14.9. The summed E-state index contributed by atoms with van der Waals surface area (Å²) in [5, 5.41) is 16.2. The lowest BCUT2D eigenvalue weighted by Crippen LogP contribution is -2.20. The number of aromatic nitrogens is 5. The van der Waals surface area contributed by atoms with Crippen molar-refractivity contribution in [3.8, 4) is 0 Å². The number of anilines is 1. The number of aryl methyl sites for hydroxylation is 2. The van der Waals surface area contributed by atoms with Crippen LogP contribution in [0.1, 0.15) is 45.7 Å². The van der Waals surface area contributed by atoms with Gasteiger partial charge in [-0.05, 0) is 31.0 Å². The molecule has 28 heavy (non-hydrogen) atoms. The maximum atomic E-state index is 12.6. The molecule has 0 saturated heterocycles. The summed E-state index contributed by atoms with van der Waals surface area (Å²) in [6.07, 6.45) is -2.86. The number of aromatic amines is 1. The summed E-state index contributed by atoms with van der Waals surface area (Å²) in [4.78, 5) is 12.2. The molecule has 1 aliphatic rings. The van der Waals surface area contributed by atoms with Crippen LogP contribution in [0.2, 0.25) is 0 Å². The topological polar surface area (TPSA) is 88.5 Å². The summed E-state index contributed by atoms with van der Waals surface area (Å²) in [5.41, 5.74) is 0.161. The lowest BCUT2D eigenvalue weighted by Gasteiger charge is -2.24. The van der Waals surface area contributed by atoms with E-state index in [4.69, 9.17) is 0 Å². The molecule has 3 heterocycles. The summed E-state index contributed by atoms with van der Waals surface area (Å²) in [6, 6.07) is 8.00. The highest BCUT2D eigenvalue weighted by Crippen LogP contribution is 2.31. The van der Waals surface area contributed by atoms with Gasteiger partial charge >= 0.3 is 6.18 Å². The van der Waals surface area contributed by atoms with Crippen LogP contribution in [-0.4, -0.2) is 30.9 Å². The smallest absolute Gasteiger partial charge is 0.321 e. The molecule has 2 aromatic heterocycles. The van der Waals surface area contributed by atoms with Crippen molar-refractivity contribution in [2.75, 3.05) is 5.32 Å². The number of carbonyl (C=O) groups is 1. The highest BCUT2D eigenvalue weighted by Gasteiger charge is 2.33. The van der Waals surface area contributed by atoms with E-state index in [2.05, 4.69) is 25.2 Å². The average Bonchev–Trinajstić information content (AvgIpc) is 3.29. The Labute approximate surface area is 158 Å². The minimum absolute atomic E-state index is 0.237. The summed E-state index contributed by atoms with van der Waals surface area (Å²) >= 11 is 0. The molecule has 1 aromatic carbocycles. The Morgan fingerprint density at radius 3 is 2.86 bits per heavy atom. The Morgan fingerprint density at radius 1 is 1.29 bits per heavy atom. The Balaban J connectivity index is 1.49. The maximum absolute atomic E-state index is 12.6. The van der Waals surface area contributed by atoms with E-state index in [1.807, 2.05) is 30.2 Å². The van der Waals surface area contributed by atoms with Gasteiger partial charge in [0.2, 0.25) is 0 Å². The van der Waals surface area contributed by atoms with E-state index in [1.54, 1.807) is 6.07 Å². The van der Waals surface area contributed by atoms with E-state index in [0.717, 1.165) is 36.6 Å². The molecule has 0 fully saturated rings. The van der Waals surface area contributed by atoms with Crippen LogP contribution in [0.4, 0.5) is 18.9 Å². The van der Waals surface area contributed by atoms with Gasteiger partial charge in [-0.15, -0.1) is 10.2 Å². The molecule has 1 atom stereocenters. The van der Waals surface area contributed by atoms with Gasteiger partial charge in [-0.25, -0.2) is 0 Å². The van der Waals surface area contributed by atoms with E-state index in [1.165, 1.54) is 0 Å². The fraction of sp³-hybridized carbons (Fsp3) is 0.333. The van der Waals surface area contributed by atoms with Crippen molar-refractivity contribution in [2.24, 2.45) is 0 Å². The first-order chi connectivity index (χ1) is 13.3. The number of nitrogens with one attached hydrogen (secondary N) is 2. The van der Waals surface area contributed by atoms with Crippen molar-refractivity contribution in [1.29, 1.82) is 0 Å². The lowest BCUT2D eigenvalue weighted by atomic mass is 9.91. The van der Waals surface area contributed by atoms with Gasteiger partial charge in [-0.3, -0.25) is 9.89 Å². The number of benzene rings is 1. The Morgan fingerprint density at radius 2 is 2.11 bits per heavy atom. The van der Waals surface area contributed by atoms with Gasteiger partial charge in [0.25, 0.3) is 5.91 Å². The molecule has 3 aromatic rings. The maximum Gasteiger partial charge on any atom is 0.432 e. The molecule has 4 rings (SSSR count). The normalized spacial score (nSPS) is 16.6. The van der Waals surface area contributed by atoms with Gasteiger partial charge in [0, 0.05) is 30.6 Å². The molecule has 146 valence electrons. The van der Waals surface area contributed by atoms with Gasteiger partial charge in [0.15, 0.2) is 5.69 Å². The number of fused-ring (bicyclic) bond motifs is 1. The van der Waals surface area contributed by atoms with E-state index < -0.39 is 17.8 Å². The number of halogens is 3. The van der Waals surface area contributed by atoms with Crippen LogP contribution in [0.15, 0.2) is 30.3 Å². The van der Waals surface area contributed by atoms with Crippen molar-refractivity contribution in [1.82, 2.24) is 25.0 Å². The van der Waals surface area contributed by atoms with Crippen LogP contribution < -0.4 is 5.32 Å². The van der Waals surface area contributed by atoms with Crippen molar-refractivity contribution in [3.05, 3.63) is 58.9 Å². The van der Waals surface area contributed by atoms with Crippen molar-refractivity contribution in [2.45, 2.75) is 38.4 Å². The van der Waals surface area contributed by atoms with Crippen LogP contribution in [0.25, 0.3) is 0 Å². The van der Waals surface area contributed by atoms with E-state index >= 15 is 0 Å². The third-order valence-corrected chi connectivity index (χ3v) is 4.86. The average molecular weight is 390 g/mol. The number of amides is 1. The minimum Gasteiger partial charge on any atom is -0.321 e. The van der Waals surface area contributed by atoms with E-state index in [0.29, 0.717) is 11.8 Å². The third-order valence-electron chi connectivity index (χ3n) is 4.86. The molecule has 0 aliphatic carbocycles.